The van der Waals surface area contributed by atoms with Crippen LogP contribution in [0.5, 0.6) is 0 Å². The number of aryl methyl sites for hydroxylation is 1. The number of Topliss-reactive ketones (excluding diaryl/α,β-unsaturated/α-hetero) is 2. The fraction of sp³-hybridized carbons (Fsp3) is 0.375. The molecule has 1 saturated carbocycles. The molecule has 7 heteroatoms. The van der Waals surface area contributed by atoms with Gasteiger partial charge < -0.3 is 0 Å². The highest BCUT2D eigenvalue weighted by Gasteiger charge is 2.40. The summed E-state index contributed by atoms with van der Waals surface area (Å²) in [5.41, 5.74) is 1.02. The summed E-state index contributed by atoms with van der Waals surface area (Å²) in [4.78, 5) is 34.9. The first-order chi connectivity index (χ1) is 10.8. The van der Waals surface area contributed by atoms with Crippen molar-refractivity contribution in [2.45, 2.75) is 43.4 Å². The van der Waals surface area contributed by atoms with Crippen LogP contribution >= 0.6 is 11.6 Å². The number of rotatable bonds is 1. The summed E-state index contributed by atoms with van der Waals surface area (Å²) in [7, 11) is -3.89. The quantitative estimate of drug-likeness (QED) is 0.570. The van der Waals surface area contributed by atoms with Gasteiger partial charge in [-0.2, -0.15) is 0 Å². The highest BCUT2D eigenvalue weighted by atomic mass is 35.5. The molecule has 5 nitrogen and oxygen atoms in total. The van der Waals surface area contributed by atoms with Gasteiger partial charge >= 0.3 is 0 Å². The molecule has 1 aromatic carbocycles. The van der Waals surface area contributed by atoms with Crippen LogP contribution in [0.2, 0.25) is 5.02 Å². The predicted octanol–water partition coefficient (Wildman–Crippen LogP) is 2.10. The van der Waals surface area contributed by atoms with Gasteiger partial charge in [0, 0.05) is 24.3 Å². The van der Waals surface area contributed by atoms with E-state index in [-0.39, 0.29) is 38.4 Å². The summed E-state index contributed by atoms with van der Waals surface area (Å²) in [5, 5.41) is 0.0908. The molecule has 0 bridgehead atoms. The van der Waals surface area contributed by atoms with Crippen molar-refractivity contribution >= 4 is 38.9 Å². The number of carbonyl (C=O) groups excluding carboxylic acids is 3. The molecule has 3 rings (SSSR count). The van der Waals surface area contributed by atoms with E-state index < -0.39 is 15.8 Å². The van der Waals surface area contributed by atoms with E-state index in [0.717, 1.165) is 0 Å². The second-order valence-electron chi connectivity index (χ2n) is 5.83. The molecule has 1 aliphatic heterocycles. The number of ketones is 2. The lowest BCUT2D eigenvalue weighted by Crippen LogP contribution is -2.27. The van der Waals surface area contributed by atoms with E-state index in [4.69, 9.17) is 11.6 Å². The molecule has 2 aliphatic rings. The van der Waals surface area contributed by atoms with Crippen LogP contribution in [-0.2, 0) is 30.6 Å². The van der Waals surface area contributed by atoms with Crippen LogP contribution in [0.25, 0.3) is 0 Å². The summed E-state index contributed by atoms with van der Waals surface area (Å²) >= 11 is 6.33. The van der Waals surface area contributed by atoms with Gasteiger partial charge in [0.25, 0.3) is 0 Å². The first kappa shape index (κ1) is 16.1. The average molecular weight is 353 g/mol. The van der Waals surface area contributed by atoms with Crippen molar-refractivity contribution in [3.8, 4) is 0 Å². The van der Waals surface area contributed by atoms with Crippen LogP contribution in [0.3, 0.4) is 0 Å². The molecule has 1 aromatic rings. The molecule has 0 amide bonds. The van der Waals surface area contributed by atoms with Crippen LogP contribution < -0.4 is 0 Å². The van der Waals surface area contributed by atoms with Gasteiger partial charge in [0.2, 0.25) is 9.84 Å². The van der Waals surface area contributed by atoms with E-state index in [0.29, 0.717) is 30.4 Å². The Kier molecular flexibility index (Phi) is 3.79. The third-order valence-corrected chi connectivity index (χ3v) is 6.80. The number of halogens is 1. The third-order valence-electron chi connectivity index (χ3n) is 4.37. The molecule has 0 saturated heterocycles. The van der Waals surface area contributed by atoms with Gasteiger partial charge in [-0.15, -0.1) is 0 Å². The van der Waals surface area contributed by atoms with E-state index in [9.17, 15) is 22.8 Å². The second kappa shape index (κ2) is 5.41. The number of benzene rings is 1. The zero-order valence-corrected chi connectivity index (χ0v) is 13.9. The van der Waals surface area contributed by atoms with Crippen molar-refractivity contribution < 1.29 is 22.8 Å². The first-order valence-corrected chi connectivity index (χ1v) is 9.01. The van der Waals surface area contributed by atoms with Gasteiger partial charge in [0.05, 0.1) is 4.90 Å². The predicted molar refractivity (Wildman–Crippen MR) is 82.9 cm³/mol. The number of hydrogen-bond donors (Lipinski definition) is 0. The lowest BCUT2D eigenvalue weighted by Gasteiger charge is -2.22. The van der Waals surface area contributed by atoms with Crippen LogP contribution in [0.15, 0.2) is 15.9 Å². The fourth-order valence-corrected chi connectivity index (χ4v) is 5.39. The molecule has 120 valence electrons. The van der Waals surface area contributed by atoms with Crippen molar-refractivity contribution in [2.75, 3.05) is 0 Å². The highest BCUT2D eigenvalue weighted by molar-refractivity contribution is 7.96. The number of carbonyl (C=O) groups is 2. The molecule has 1 aliphatic carbocycles. The van der Waals surface area contributed by atoms with Crippen molar-refractivity contribution in [2.24, 2.45) is 0 Å². The molecule has 0 aromatic heterocycles. The Morgan fingerprint density at radius 3 is 2.39 bits per heavy atom. The van der Waals surface area contributed by atoms with Crippen molar-refractivity contribution in [1.29, 1.82) is 0 Å². The molecule has 0 spiro atoms. The van der Waals surface area contributed by atoms with Gasteiger partial charge in [-0.1, -0.05) is 17.7 Å². The minimum atomic E-state index is -3.89. The van der Waals surface area contributed by atoms with E-state index >= 15 is 0 Å². The molecule has 0 unspecified atom stereocenters. The smallest absolute Gasteiger partial charge is 0.214 e. The largest absolute Gasteiger partial charge is 0.299 e. The van der Waals surface area contributed by atoms with E-state index in [1.165, 1.54) is 12.0 Å². The van der Waals surface area contributed by atoms with Crippen molar-refractivity contribution in [3.05, 3.63) is 32.7 Å². The Bertz CT molecular complexity index is 891. The number of fused-ring (bicyclic) bond motifs is 1. The average Bonchev–Trinajstić information content (AvgIpc) is 2.75. The topological polar surface area (TPSA) is 85.3 Å². The van der Waals surface area contributed by atoms with Gasteiger partial charge in [0.15, 0.2) is 0 Å². The lowest BCUT2D eigenvalue weighted by molar-refractivity contribution is -0.131. The summed E-state index contributed by atoms with van der Waals surface area (Å²) in [6.07, 6.45) is 0.993. The van der Waals surface area contributed by atoms with Crippen LogP contribution in [-0.4, -0.2) is 25.9 Å². The Hall–Kier alpha value is -1.75. The number of sulfone groups is 1. The zero-order chi connectivity index (χ0) is 16.9. The molecular weight excluding hydrogens is 340 g/mol. The summed E-state index contributed by atoms with van der Waals surface area (Å²) in [5.74, 6) is 0.121. The zero-order valence-electron chi connectivity index (χ0n) is 12.3. The van der Waals surface area contributed by atoms with Crippen LogP contribution in [0, 0.1) is 6.92 Å². The van der Waals surface area contributed by atoms with Gasteiger partial charge in [-0.05, 0) is 30.0 Å². The summed E-state index contributed by atoms with van der Waals surface area (Å²) in [6.45, 7) is 1.57. The molecule has 0 atom stereocenters. The number of allylic oxidation sites excluding steroid dienone is 1. The Balaban J connectivity index is 2.26. The van der Waals surface area contributed by atoms with Crippen molar-refractivity contribution in [3.63, 3.8) is 0 Å². The number of hydrogen-bond acceptors (Lipinski definition) is 5. The fourth-order valence-electron chi connectivity index (χ4n) is 3.34. The Morgan fingerprint density at radius 2 is 1.83 bits per heavy atom. The Labute approximate surface area is 138 Å². The van der Waals surface area contributed by atoms with E-state index in [1.54, 1.807) is 6.92 Å². The molecule has 1 heterocycles. The Morgan fingerprint density at radius 1 is 1.22 bits per heavy atom. The maximum Gasteiger partial charge on any atom is 0.214 e. The van der Waals surface area contributed by atoms with Gasteiger partial charge in [-0.3, -0.25) is 9.59 Å². The molecule has 0 N–H and O–H groups in total. The minimum absolute atomic E-state index is 0.000285. The van der Waals surface area contributed by atoms with Crippen molar-refractivity contribution in [1.82, 2.24) is 0 Å². The third kappa shape index (κ3) is 2.29. The maximum atomic E-state index is 12.3. The van der Waals surface area contributed by atoms with Crippen LogP contribution in [0.1, 0.15) is 41.9 Å². The van der Waals surface area contributed by atoms with E-state index in [2.05, 4.69) is 0 Å². The SMILES string of the molecule is Cc1cc(C2C(=O)CCCC2=O)c(Cl)c2c1S(=O)(=O)C(=C=O)C2. The summed E-state index contributed by atoms with van der Waals surface area (Å²) < 4.78 is 24.6. The second-order valence-corrected chi connectivity index (χ2v) is 8.11. The van der Waals surface area contributed by atoms with E-state index in [1.807, 2.05) is 0 Å². The highest BCUT2D eigenvalue weighted by Crippen LogP contribution is 2.44. The molecule has 0 radical (unpaired) electrons. The standard InChI is InChI=1S/C16H13ClO5S/c1-8-5-10(14-12(19)3-2-4-13(14)20)15(17)11-6-9(7-18)23(21,22)16(8)11/h5,14H,2-4,6H2,1H3. The monoisotopic (exact) mass is 352 g/mol. The minimum Gasteiger partial charge on any atom is -0.299 e. The molecule has 23 heavy (non-hydrogen) atoms. The van der Waals surface area contributed by atoms with Gasteiger partial charge in [0.1, 0.15) is 28.3 Å². The van der Waals surface area contributed by atoms with Gasteiger partial charge in [-0.25, -0.2) is 13.2 Å². The normalized spacial score (nSPS) is 20.5. The lowest BCUT2D eigenvalue weighted by atomic mass is 9.80. The molecule has 1 fully saturated rings. The first-order valence-electron chi connectivity index (χ1n) is 7.15. The summed E-state index contributed by atoms with van der Waals surface area (Å²) in [6, 6.07) is 1.48. The van der Waals surface area contributed by atoms with Crippen LogP contribution in [0.4, 0.5) is 0 Å². The molecular formula is C16H13ClO5S. The maximum absolute atomic E-state index is 12.3.